The Morgan fingerprint density at radius 1 is 1.35 bits per heavy atom. The van der Waals surface area contributed by atoms with Crippen molar-refractivity contribution in [2.45, 2.75) is 26.2 Å². The summed E-state index contributed by atoms with van der Waals surface area (Å²) in [6.07, 6.45) is 8.44. The zero-order valence-electron chi connectivity index (χ0n) is 12.8. The van der Waals surface area contributed by atoms with Gasteiger partial charge in [-0.05, 0) is 30.2 Å². The lowest BCUT2D eigenvalue weighted by atomic mass is 10.1. The summed E-state index contributed by atoms with van der Waals surface area (Å²) < 4.78 is 13.1. The summed E-state index contributed by atoms with van der Waals surface area (Å²) in [5, 5.41) is 9.27. The van der Waals surface area contributed by atoms with Gasteiger partial charge in [0.25, 0.3) is 0 Å². The molecule has 0 saturated carbocycles. The van der Waals surface area contributed by atoms with Gasteiger partial charge < -0.3 is 10.5 Å². The maximum Gasteiger partial charge on any atom is 0.354 e. The number of rotatable bonds is 7. The van der Waals surface area contributed by atoms with Crippen molar-refractivity contribution in [1.29, 1.82) is 0 Å². The summed E-state index contributed by atoms with van der Waals surface area (Å²) in [7, 11) is 0. The Morgan fingerprint density at radius 3 is 2.74 bits per heavy atom. The van der Waals surface area contributed by atoms with Gasteiger partial charge in [-0.15, -0.1) is 0 Å². The number of allylic oxidation sites excluding steroid dienone is 2. The van der Waals surface area contributed by atoms with Crippen molar-refractivity contribution in [3.8, 4) is 0 Å². The molecule has 1 aromatic carbocycles. The lowest BCUT2D eigenvalue weighted by Crippen LogP contribution is -2.33. The molecule has 1 aromatic rings. The number of unbranched alkanes of at least 4 members (excludes halogenated alkanes) is 2. The first-order valence-electron chi connectivity index (χ1n) is 7.41. The maximum atomic E-state index is 13.1. The fourth-order valence-corrected chi connectivity index (χ4v) is 3.08. The number of hydrogen-bond donors (Lipinski definition) is 3. The molecule has 1 aliphatic rings. The van der Waals surface area contributed by atoms with E-state index in [0.29, 0.717) is 4.91 Å². The largest absolute Gasteiger partial charge is 0.476 e. The Hall–Kier alpha value is -2.21. The molecule has 0 aliphatic carbocycles. The second-order valence-electron chi connectivity index (χ2n) is 4.97. The van der Waals surface area contributed by atoms with E-state index in [2.05, 4.69) is 23.9 Å². The number of hydrogen-bond acceptors (Lipinski definition) is 4. The van der Waals surface area contributed by atoms with Crippen LogP contribution in [-0.4, -0.2) is 11.1 Å². The summed E-state index contributed by atoms with van der Waals surface area (Å²) in [5.41, 5.74) is 6.27. The van der Waals surface area contributed by atoms with E-state index >= 15 is 0 Å². The Labute approximate surface area is 139 Å². The molecular formula is C17H19FN2O2S. The third kappa shape index (κ3) is 4.89. The van der Waals surface area contributed by atoms with Crippen LogP contribution in [0.1, 0.15) is 31.7 Å². The Kier molecular flexibility index (Phi) is 6.29. The quantitative estimate of drug-likeness (QED) is 0.658. The standard InChI is InChI=1S/C17H19FN2O2S/c1-2-3-4-5-14(12-6-8-13(18)9-7-12)23-15-10-11-19-20-16(15)17(21)22/h5-11,19-20H,2-4H2,1H3,(H,21,22). The Morgan fingerprint density at radius 2 is 2.09 bits per heavy atom. The minimum atomic E-state index is -1.03. The lowest BCUT2D eigenvalue weighted by Gasteiger charge is -2.17. The van der Waals surface area contributed by atoms with E-state index in [-0.39, 0.29) is 11.5 Å². The number of halogens is 1. The Balaban J connectivity index is 2.30. The zero-order valence-corrected chi connectivity index (χ0v) is 13.6. The van der Waals surface area contributed by atoms with E-state index in [1.807, 2.05) is 0 Å². The molecule has 2 rings (SSSR count). The van der Waals surface area contributed by atoms with Crippen LogP contribution in [0.2, 0.25) is 0 Å². The molecule has 0 spiro atoms. The van der Waals surface area contributed by atoms with E-state index in [4.69, 9.17) is 0 Å². The summed E-state index contributed by atoms with van der Waals surface area (Å²) in [4.78, 5) is 12.8. The smallest absolute Gasteiger partial charge is 0.354 e. The van der Waals surface area contributed by atoms with Gasteiger partial charge in [0.15, 0.2) is 5.70 Å². The normalized spacial score (nSPS) is 14.4. The molecule has 1 aliphatic heterocycles. The molecule has 0 radical (unpaired) electrons. The van der Waals surface area contributed by atoms with Crippen molar-refractivity contribution >= 4 is 22.6 Å². The first-order chi connectivity index (χ1) is 11.1. The second-order valence-corrected chi connectivity index (χ2v) is 6.05. The molecule has 6 heteroatoms. The third-order valence-electron chi connectivity index (χ3n) is 3.21. The van der Waals surface area contributed by atoms with Gasteiger partial charge in [0.2, 0.25) is 0 Å². The number of carboxylic acids is 1. The van der Waals surface area contributed by atoms with Gasteiger partial charge in [-0.2, -0.15) is 0 Å². The number of hydrazine groups is 1. The molecule has 122 valence electrons. The summed E-state index contributed by atoms with van der Waals surface area (Å²) in [6, 6.07) is 6.23. The van der Waals surface area contributed by atoms with Gasteiger partial charge in [-0.3, -0.25) is 5.43 Å². The Bertz CT molecular complexity index is 651. The van der Waals surface area contributed by atoms with Crippen LogP contribution in [0.25, 0.3) is 4.91 Å². The van der Waals surface area contributed by atoms with Gasteiger partial charge in [-0.25, -0.2) is 9.18 Å². The molecule has 0 amide bonds. The van der Waals surface area contributed by atoms with Crippen LogP contribution in [-0.2, 0) is 4.79 Å². The second kappa shape index (κ2) is 8.43. The molecule has 1 heterocycles. The molecule has 0 aromatic heterocycles. The molecule has 3 N–H and O–H groups in total. The van der Waals surface area contributed by atoms with Gasteiger partial charge in [0.05, 0.1) is 0 Å². The minimum absolute atomic E-state index is 0.0982. The van der Waals surface area contributed by atoms with Crippen LogP contribution in [0.5, 0.6) is 0 Å². The SMILES string of the molecule is CCCCC=C(SC1=C(C(=O)O)NNC=C1)c1ccc(F)cc1. The van der Waals surface area contributed by atoms with Crippen LogP contribution in [0.15, 0.2) is 53.2 Å². The van der Waals surface area contributed by atoms with E-state index in [1.165, 1.54) is 23.9 Å². The van der Waals surface area contributed by atoms with Crippen molar-refractivity contribution in [3.63, 3.8) is 0 Å². The van der Waals surface area contributed by atoms with Crippen molar-refractivity contribution in [1.82, 2.24) is 10.9 Å². The molecule has 0 atom stereocenters. The number of nitrogens with one attached hydrogen (secondary N) is 2. The lowest BCUT2D eigenvalue weighted by molar-refractivity contribution is -0.133. The molecule has 0 bridgehead atoms. The molecule has 0 fully saturated rings. The van der Waals surface area contributed by atoms with Crippen molar-refractivity contribution in [2.75, 3.05) is 0 Å². The topological polar surface area (TPSA) is 61.4 Å². The van der Waals surface area contributed by atoms with Crippen molar-refractivity contribution in [3.05, 3.63) is 64.6 Å². The highest BCUT2D eigenvalue weighted by Crippen LogP contribution is 2.36. The van der Waals surface area contributed by atoms with Crippen LogP contribution in [0, 0.1) is 5.82 Å². The summed E-state index contributed by atoms with van der Waals surface area (Å²) >= 11 is 1.36. The third-order valence-corrected chi connectivity index (χ3v) is 4.39. The number of benzene rings is 1. The number of carbonyl (C=O) groups is 1. The monoisotopic (exact) mass is 334 g/mol. The first-order valence-corrected chi connectivity index (χ1v) is 8.23. The maximum absolute atomic E-state index is 13.1. The van der Waals surface area contributed by atoms with Crippen molar-refractivity contribution in [2.24, 2.45) is 0 Å². The molecule has 0 unspecified atom stereocenters. The zero-order chi connectivity index (χ0) is 16.7. The molecule has 0 saturated heterocycles. The average Bonchev–Trinajstić information content (AvgIpc) is 2.55. The molecular weight excluding hydrogens is 315 g/mol. The molecule has 23 heavy (non-hydrogen) atoms. The minimum Gasteiger partial charge on any atom is -0.476 e. The van der Waals surface area contributed by atoms with Crippen LogP contribution >= 0.6 is 11.8 Å². The fraction of sp³-hybridized carbons (Fsp3) is 0.235. The van der Waals surface area contributed by atoms with E-state index in [9.17, 15) is 14.3 Å². The predicted molar refractivity (Wildman–Crippen MR) is 91.6 cm³/mol. The van der Waals surface area contributed by atoms with Gasteiger partial charge in [-0.1, -0.05) is 49.7 Å². The van der Waals surface area contributed by atoms with Crippen molar-refractivity contribution < 1.29 is 14.3 Å². The highest BCUT2D eigenvalue weighted by Gasteiger charge is 2.17. The first kappa shape index (κ1) is 17.1. The average molecular weight is 334 g/mol. The van der Waals surface area contributed by atoms with Gasteiger partial charge in [0.1, 0.15) is 5.82 Å². The van der Waals surface area contributed by atoms with E-state index in [1.54, 1.807) is 24.4 Å². The van der Waals surface area contributed by atoms with Crippen LogP contribution in [0.4, 0.5) is 4.39 Å². The number of thioether (sulfide) groups is 1. The summed E-state index contributed by atoms with van der Waals surface area (Å²) in [5.74, 6) is -1.32. The number of aliphatic carboxylic acids is 1. The fourth-order valence-electron chi connectivity index (χ4n) is 2.01. The summed E-state index contributed by atoms with van der Waals surface area (Å²) in [6.45, 7) is 2.11. The molecule has 4 nitrogen and oxygen atoms in total. The predicted octanol–water partition coefficient (Wildman–Crippen LogP) is 4.01. The van der Waals surface area contributed by atoms with E-state index in [0.717, 1.165) is 29.7 Å². The highest BCUT2D eigenvalue weighted by molar-refractivity contribution is 8.12. The number of carboxylic acid groups (broad SMARTS) is 1. The van der Waals surface area contributed by atoms with Gasteiger partial charge >= 0.3 is 5.97 Å². The van der Waals surface area contributed by atoms with Crippen LogP contribution in [0.3, 0.4) is 0 Å². The van der Waals surface area contributed by atoms with E-state index < -0.39 is 5.97 Å². The highest BCUT2D eigenvalue weighted by atomic mass is 32.2. The van der Waals surface area contributed by atoms with Crippen LogP contribution < -0.4 is 10.9 Å². The van der Waals surface area contributed by atoms with Gasteiger partial charge in [0, 0.05) is 16.0 Å².